The molecule has 0 aromatic heterocycles. The number of aryl methyl sites for hydroxylation is 2. The molecule has 0 radical (unpaired) electrons. The Morgan fingerprint density at radius 3 is 2.10 bits per heavy atom. The molecule has 21 heavy (non-hydrogen) atoms. The van der Waals surface area contributed by atoms with E-state index in [1.165, 1.54) is 0 Å². The van der Waals surface area contributed by atoms with Crippen molar-refractivity contribution in [2.24, 2.45) is 11.3 Å². The summed E-state index contributed by atoms with van der Waals surface area (Å²) in [6.07, 6.45) is 0.523. The number of rotatable bonds is 5. The third-order valence-corrected chi connectivity index (χ3v) is 3.20. The van der Waals surface area contributed by atoms with E-state index in [2.05, 4.69) is 5.32 Å². The second kappa shape index (κ2) is 6.74. The molecular formula is C17H25NO3. The minimum absolute atomic E-state index is 0.0896. The van der Waals surface area contributed by atoms with Gasteiger partial charge in [0.05, 0.1) is 5.92 Å². The number of carboxylic acids is 1. The van der Waals surface area contributed by atoms with E-state index in [4.69, 9.17) is 0 Å². The molecule has 4 heteroatoms. The smallest absolute Gasteiger partial charge is 0.308 e. The Labute approximate surface area is 126 Å². The van der Waals surface area contributed by atoms with Gasteiger partial charge in [0.1, 0.15) is 0 Å². The number of hydrogen-bond donors (Lipinski definition) is 2. The molecule has 0 saturated heterocycles. The van der Waals surface area contributed by atoms with Gasteiger partial charge in [-0.2, -0.15) is 0 Å². The summed E-state index contributed by atoms with van der Waals surface area (Å²) >= 11 is 0. The topological polar surface area (TPSA) is 66.4 Å². The summed E-state index contributed by atoms with van der Waals surface area (Å²) in [5, 5.41) is 12.0. The predicted molar refractivity (Wildman–Crippen MR) is 83.4 cm³/mol. The summed E-state index contributed by atoms with van der Waals surface area (Å²) in [7, 11) is 0. The number of amides is 1. The lowest BCUT2D eigenvalue weighted by molar-refractivity contribution is -0.142. The number of aliphatic carboxylic acids is 1. The highest BCUT2D eigenvalue weighted by Crippen LogP contribution is 2.24. The summed E-state index contributed by atoms with van der Waals surface area (Å²) in [5.41, 5.74) is 2.52. The van der Waals surface area contributed by atoms with Crippen LogP contribution in [0, 0.1) is 25.2 Å². The largest absolute Gasteiger partial charge is 0.481 e. The van der Waals surface area contributed by atoms with E-state index in [9.17, 15) is 14.7 Å². The fourth-order valence-corrected chi connectivity index (χ4v) is 2.41. The molecule has 0 spiro atoms. The van der Waals surface area contributed by atoms with Crippen LogP contribution in [0.4, 0.5) is 0 Å². The van der Waals surface area contributed by atoms with Crippen LogP contribution in [0.1, 0.15) is 48.7 Å². The van der Waals surface area contributed by atoms with Crippen LogP contribution in [0.2, 0.25) is 0 Å². The van der Waals surface area contributed by atoms with Crippen LogP contribution in [0.15, 0.2) is 18.2 Å². The second-order valence-electron chi connectivity index (χ2n) is 6.89. The highest BCUT2D eigenvalue weighted by molar-refractivity contribution is 5.94. The quantitative estimate of drug-likeness (QED) is 0.875. The van der Waals surface area contributed by atoms with E-state index in [1.54, 1.807) is 0 Å². The minimum Gasteiger partial charge on any atom is -0.481 e. The van der Waals surface area contributed by atoms with Crippen molar-refractivity contribution in [2.75, 3.05) is 6.54 Å². The van der Waals surface area contributed by atoms with Gasteiger partial charge in [-0.05, 0) is 37.8 Å². The van der Waals surface area contributed by atoms with E-state index in [0.717, 1.165) is 11.1 Å². The van der Waals surface area contributed by atoms with Crippen molar-refractivity contribution in [2.45, 2.75) is 41.0 Å². The van der Waals surface area contributed by atoms with Gasteiger partial charge < -0.3 is 10.4 Å². The molecule has 1 atom stereocenters. The molecule has 4 nitrogen and oxygen atoms in total. The highest BCUT2D eigenvalue weighted by Gasteiger charge is 2.25. The Morgan fingerprint density at radius 1 is 1.14 bits per heavy atom. The Hall–Kier alpha value is -1.84. The lowest BCUT2D eigenvalue weighted by Crippen LogP contribution is -2.35. The first kappa shape index (κ1) is 17.2. The molecule has 2 N–H and O–H groups in total. The Kier molecular flexibility index (Phi) is 5.53. The molecule has 0 bridgehead atoms. The van der Waals surface area contributed by atoms with Crippen molar-refractivity contribution in [1.82, 2.24) is 5.32 Å². The third-order valence-electron chi connectivity index (χ3n) is 3.20. The van der Waals surface area contributed by atoms with Crippen LogP contribution in [0.3, 0.4) is 0 Å². The fraction of sp³-hybridized carbons (Fsp3) is 0.529. The van der Waals surface area contributed by atoms with E-state index in [1.807, 2.05) is 52.8 Å². The predicted octanol–water partition coefficient (Wildman–Crippen LogP) is 3.17. The summed E-state index contributed by atoms with van der Waals surface area (Å²) in [6.45, 7) is 10.0. The van der Waals surface area contributed by atoms with Gasteiger partial charge in [0.25, 0.3) is 5.91 Å². The standard InChI is InChI=1S/C17H25NO3/c1-11-6-12(2)8-13(7-11)15(19)18-10-14(16(20)21)9-17(3,4)5/h6-8,14H,9-10H2,1-5H3,(H,18,19)(H,20,21). The average Bonchev–Trinajstić information content (AvgIpc) is 2.31. The zero-order valence-electron chi connectivity index (χ0n) is 13.5. The fourth-order valence-electron chi connectivity index (χ4n) is 2.41. The zero-order valence-corrected chi connectivity index (χ0v) is 13.5. The van der Waals surface area contributed by atoms with Gasteiger partial charge in [-0.25, -0.2) is 0 Å². The minimum atomic E-state index is -0.870. The van der Waals surface area contributed by atoms with Crippen molar-refractivity contribution < 1.29 is 14.7 Å². The van der Waals surface area contributed by atoms with Gasteiger partial charge in [-0.1, -0.05) is 38.0 Å². The van der Waals surface area contributed by atoms with Gasteiger partial charge in [-0.15, -0.1) is 0 Å². The molecule has 0 aliphatic heterocycles. The van der Waals surface area contributed by atoms with Crippen molar-refractivity contribution in [3.05, 3.63) is 34.9 Å². The number of nitrogens with one attached hydrogen (secondary N) is 1. The lowest BCUT2D eigenvalue weighted by Gasteiger charge is -2.23. The van der Waals surface area contributed by atoms with Crippen LogP contribution in [0.25, 0.3) is 0 Å². The molecule has 116 valence electrons. The summed E-state index contributed by atoms with van der Waals surface area (Å²) < 4.78 is 0. The van der Waals surface area contributed by atoms with Crippen molar-refractivity contribution >= 4 is 11.9 Å². The maximum absolute atomic E-state index is 12.1. The van der Waals surface area contributed by atoms with Crippen LogP contribution >= 0.6 is 0 Å². The molecule has 0 aliphatic rings. The zero-order chi connectivity index (χ0) is 16.2. The molecule has 1 aromatic carbocycles. The molecule has 0 saturated carbocycles. The number of carbonyl (C=O) groups excluding carboxylic acids is 1. The third kappa shape index (κ3) is 5.98. The lowest BCUT2D eigenvalue weighted by atomic mass is 9.84. The number of hydrogen-bond acceptors (Lipinski definition) is 2. The van der Waals surface area contributed by atoms with E-state index in [-0.39, 0.29) is 17.9 Å². The van der Waals surface area contributed by atoms with Gasteiger partial charge in [0, 0.05) is 12.1 Å². The molecule has 0 heterocycles. The molecule has 1 amide bonds. The first-order valence-corrected chi connectivity index (χ1v) is 7.18. The van der Waals surface area contributed by atoms with Crippen LogP contribution < -0.4 is 5.32 Å². The number of carbonyl (C=O) groups is 2. The molecule has 0 fully saturated rings. The second-order valence-corrected chi connectivity index (χ2v) is 6.89. The summed E-state index contributed by atoms with van der Waals surface area (Å²) in [6, 6.07) is 5.61. The van der Waals surface area contributed by atoms with Crippen molar-refractivity contribution in [3.63, 3.8) is 0 Å². The van der Waals surface area contributed by atoms with Crippen LogP contribution in [-0.4, -0.2) is 23.5 Å². The maximum atomic E-state index is 12.1. The Bertz CT molecular complexity index is 509. The summed E-state index contributed by atoms with van der Waals surface area (Å²) in [4.78, 5) is 23.4. The normalized spacial score (nSPS) is 12.8. The van der Waals surface area contributed by atoms with Gasteiger partial charge >= 0.3 is 5.97 Å². The summed E-state index contributed by atoms with van der Waals surface area (Å²) in [5.74, 6) is -1.66. The maximum Gasteiger partial charge on any atom is 0.308 e. The van der Waals surface area contributed by atoms with Crippen LogP contribution in [-0.2, 0) is 4.79 Å². The van der Waals surface area contributed by atoms with Crippen LogP contribution in [0.5, 0.6) is 0 Å². The highest BCUT2D eigenvalue weighted by atomic mass is 16.4. The Morgan fingerprint density at radius 2 is 1.67 bits per heavy atom. The number of benzene rings is 1. The molecule has 1 unspecified atom stereocenters. The van der Waals surface area contributed by atoms with Gasteiger partial charge in [0.2, 0.25) is 0 Å². The first-order valence-electron chi connectivity index (χ1n) is 7.18. The monoisotopic (exact) mass is 291 g/mol. The Balaban J connectivity index is 2.71. The first-order chi connectivity index (χ1) is 9.58. The molecular weight excluding hydrogens is 266 g/mol. The van der Waals surface area contributed by atoms with Gasteiger partial charge in [-0.3, -0.25) is 9.59 Å². The molecule has 0 aliphatic carbocycles. The molecule has 1 aromatic rings. The van der Waals surface area contributed by atoms with Crippen molar-refractivity contribution in [3.8, 4) is 0 Å². The van der Waals surface area contributed by atoms with E-state index < -0.39 is 11.9 Å². The van der Waals surface area contributed by atoms with Crippen molar-refractivity contribution in [1.29, 1.82) is 0 Å². The number of carboxylic acid groups (broad SMARTS) is 1. The van der Waals surface area contributed by atoms with Gasteiger partial charge in [0.15, 0.2) is 0 Å². The van der Waals surface area contributed by atoms with E-state index in [0.29, 0.717) is 12.0 Å². The average molecular weight is 291 g/mol. The molecule has 1 rings (SSSR count). The SMILES string of the molecule is Cc1cc(C)cc(C(=O)NCC(CC(C)(C)C)C(=O)O)c1. The van der Waals surface area contributed by atoms with E-state index >= 15 is 0 Å².